The fraction of sp³-hybridized carbons (Fsp3) is 0.312. The van der Waals surface area contributed by atoms with Crippen LogP contribution in [0.2, 0.25) is 0 Å². The van der Waals surface area contributed by atoms with Gasteiger partial charge in [-0.25, -0.2) is 4.98 Å². The van der Waals surface area contributed by atoms with Gasteiger partial charge in [-0.1, -0.05) is 12.1 Å². The van der Waals surface area contributed by atoms with Gasteiger partial charge in [0.05, 0.1) is 19.4 Å². The molecule has 0 bridgehead atoms. The molecular formula is C16H18ClNO3. The van der Waals surface area contributed by atoms with Crippen molar-refractivity contribution >= 4 is 11.6 Å². The van der Waals surface area contributed by atoms with Crippen LogP contribution in [0.1, 0.15) is 18.2 Å². The van der Waals surface area contributed by atoms with Crippen molar-refractivity contribution in [1.82, 2.24) is 4.98 Å². The van der Waals surface area contributed by atoms with E-state index in [1.165, 1.54) is 0 Å². The van der Waals surface area contributed by atoms with Gasteiger partial charge in [0, 0.05) is 11.9 Å². The molecule has 0 saturated carbocycles. The molecule has 2 rings (SSSR count). The Bertz CT molecular complexity index is 589. The fourth-order valence-corrected chi connectivity index (χ4v) is 1.99. The Morgan fingerprint density at radius 3 is 2.67 bits per heavy atom. The molecular weight excluding hydrogens is 290 g/mol. The van der Waals surface area contributed by atoms with Gasteiger partial charge in [0.1, 0.15) is 6.61 Å². The number of aromatic nitrogens is 1. The molecule has 1 aromatic heterocycles. The summed E-state index contributed by atoms with van der Waals surface area (Å²) in [7, 11) is 1.59. The van der Waals surface area contributed by atoms with E-state index < -0.39 is 0 Å². The third-order valence-corrected chi connectivity index (χ3v) is 3.14. The molecule has 0 spiro atoms. The Labute approximate surface area is 129 Å². The third kappa shape index (κ3) is 4.26. The second-order valence-corrected chi connectivity index (χ2v) is 4.57. The number of benzene rings is 1. The lowest BCUT2D eigenvalue weighted by Crippen LogP contribution is -2.02. The molecule has 1 heterocycles. The average molecular weight is 308 g/mol. The largest absolute Gasteiger partial charge is 0.490 e. The van der Waals surface area contributed by atoms with Gasteiger partial charge in [-0.15, -0.1) is 11.6 Å². The van der Waals surface area contributed by atoms with Crippen molar-refractivity contribution < 1.29 is 14.2 Å². The van der Waals surface area contributed by atoms with Crippen LogP contribution in [-0.4, -0.2) is 18.7 Å². The third-order valence-electron chi connectivity index (χ3n) is 2.83. The molecule has 5 heteroatoms. The summed E-state index contributed by atoms with van der Waals surface area (Å²) in [6.07, 6.45) is 0. The monoisotopic (exact) mass is 307 g/mol. The van der Waals surface area contributed by atoms with Crippen molar-refractivity contribution in [2.24, 2.45) is 0 Å². The number of hydrogen-bond acceptors (Lipinski definition) is 4. The van der Waals surface area contributed by atoms with Crippen molar-refractivity contribution in [2.45, 2.75) is 19.4 Å². The standard InChI is InChI=1S/C16H18ClNO3/c1-3-20-15-9-12(10-17)7-8-14(15)21-11-13-5-4-6-16(18-13)19-2/h4-9H,3,10-11H2,1-2H3. The quantitative estimate of drug-likeness (QED) is 0.729. The van der Waals surface area contributed by atoms with Gasteiger partial charge in [-0.05, 0) is 30.7 Å². The second-order valence-electron chi connectivity index (χ2n) is 4.31. The zero-order valence-electron chi connectivity index (χ0n) is 12.1. The molecule has 0 radical (unpaired) electrons. The summed E-state index contributed by atoms with van der Waals surface area (Å²) in [4.78, 5) is 4.31. The highest BCUT2D eigenvalue weighted by Crippen LogP contribution is 2.29. The molecule has 0 unspecified atom stereocenters. The lowest BCUT2D eigenvalue weighted by Gasteiger charge is -2.13. The highest BCUT2D eigenvalue weighted by Gasteiger charge is 2.07. The summed E-state index contributed by atoms with van der Waals surface area (Å²) >= 11 is 5.84. The first-order valence-electron chi connectivity index (χ1n) is 6.71. The molecule has 0 fully saturated rings. The predicted octanol–water partition coefficient (Wildman–Crippen LogP) is 3.81. The number of ether oxygens (including phenoxy) is 3. The SMILES string of the molecule is CCOc1cc(CCl)ccc1OCc1cccc(OC)n1. The minimum atomic E-state index is 0.345. The number of hydrogen-bond donors (Lipinski definition) is 0. The molecule has 0 atom stereocenters. The first kappa shape index (κ1) is 15.4. The van der Waals surface area contributed by atoms with Crippen molar-refractivity contribution in [3.63, 3.8) is 0 Å². The minimum Gasteiger partial charge on any atom is -0.490 e. The number of pyridine rings is 1. The minimum absolute atomic E-state index is 0.345. The number of methoxy groups -OCH3 is 1. The average Bonchev–Trinajstić information content (AvgIpc) is 2.54. The second kappa shape index (κ2) is 7.74. The van der Waals surface area contributed by atoms with E-state index in [1.807, 2.05) is 37.3 Å². The van der Waals surface area contributed by atoms with Crippen molar-refractivity contribution in [3.05, 3.63) is 47.7 Å². The van der Waals surface area contributed by atoms with E-state index in [9.17, 15) is 0 Å². The molecule has 0 aliphatic rings. The fourth-order valence-electron chi connectivity index (χ4n) is 1.83. The van der Waals surface area contributed by atoms with E-state index in [-0.39, 0.29) is 0 Å². The maximum absolute atomic E-state index is 5.84. The lowest BCUT2D eigenvalue weighted by atomic mass is 10.2. The maximum atomic E-state index is 5.84. The molecule has 0 aliphatic carbocycles. The summed E-state index contributed by atoms with van der Waals surface area (Å²) < 4.78 is 16.5. The number of nitrogens with zero attached hydrogens (tertiary/aromatic N) is 1. The summed E-state index contributed by atoms with van der Waals surface area (Å²) in [5, 5.41) is 0. The summed E-state index contributed by atoms with van der Waals surface area (Å²) in [6.45, 7) is 2.85. The van der Waals surface area contributed by atoms with E-state index in [0.29, 0.717) is 36.5 Å². The van der Waals surface area contributed by atoms with E-state index in [0.717, 1.165) is 11.3 Å². The predicted molar refractivity (Wildman–Crippen MR) is 82.3 cm³/mol. The van der Waals surface area contributed by atoms with Crippen LogP contribution in [0.15, 0.2) is 36.4 Å². The van der Waals surface area contributed by atoms with Crippen LogP contribution >= 0.6 is 11.6 Å². The molecule has 1 aromatic carbocycles. The molecule has 2 aromatic rings. The van der Waals surface area contributed by atoms with Crippen LogP contribution in [0.4, 0.5) is 0 Å². The molecule has 0 saturated heterocycles. The number of rotatable bonds is 7. The Morgan fingerprint density at radius 1 is 1.10 bits per heavy atom. The highest BCUT2D eigenvalue weighted by atomic mass is 35.5. The van der Waals surface area contributed by atoms with Gasteiger partial charge in [0.2, 0.25) is 5.88 Å². The van der Waals surface area contributed by atoms with E-state index in [2.05, 4.69) is 4.98 Å². The Kier molecular flexibility index (Phi) is 5.69. The lowest BCUT2D eigenvalue weighted by molar-refractivity contribution is 0.265. The summed E-state index contributed by atoms with van der Waals surface area (Å²) in [5.74, 6) is 2.38. The van der Waals surface area contributed by atoms with Gasteiger partial charge in [0.15, 0.2) is 11.5 Å². The van der Waals surface area contributed by atoms with Crippen molar-refractivity contribution in [2.75, 3.05) is 13.7 Å². The smallest absolute Gasteiger partial charge is 0.213 e. The molecule has 4 nitrogen and oxygen atoms in total. The molecule has 0 amide bonds. The Morgan fingerprint density at radius 2 is 1.95 bits per heavy atom. The topological polar surface area (TPSA) is 40.6 Å². The molecule has 0 aliphatic heterocycles. The van der Waals surface area contributed by atoms with E-state index >= 15 is 0 Å². The van der Waals surface area contributed by atoms with Crippen LogP contribution < -0.4 is 14.2 Å². The van der Waals surface area contributed by atoms with Crippen molar-refractivity contribution in [1.29, 1.82) is 0 Å². The van der Waals surface area contributed by atoms with Gasteiger partial charge in [-0.2, -0.15) is 0 Å². The first-order valence-corrected chi connectivity index (χ1v) is 7.24. The van der Waals surface area contributed by atoms with E-state index in [1.54, 1.807) is 13.2 Å². The zero-order valence-corrected chi connectivity index (χ0v) is 12.9. The molecule has 0 N–H and O–H groups in total. The van der Waals surface area contributed by atoms with Crippen molar-refractivity contribution in [3.8, 4) is 17.4 Å². The Hall–Kier alpha value is -1.94. The van der Waals surface area contributed by atoms with Gasteiger partial charge < -0.3 is 14.2 Å². The highest BCUT2D eigenvalue weighted by molar-refractivity contribution is 6.17. The zero-order chi connectivity index (χ0) is 15.1. The maximum Gasteiger partial charge on any atom is 0.213 e. The molecule has 112 valence electrons. The van der Waals surface area contributed by atoms with Crippen LogP contribution in [0, 0.1) is 0 Å². The van der Waals surface area contributed by atoms with Crippen LogP contribution in [0.3, 0.4) is 0 Å². The van der Waals surface area contributed by atoms with Gasteiger partial charge >= 0.3 is 0 Å². The van der Waals surface area contributed by atoms with Crippen LogP contribution in [-0.2, 0) is 12.5 Å². The summed E-state index contributed by atoms with van der Waals surface area (Å²) in [6, 6.07) is 11.2. The first-order chi connectivity index (χ1) is 10.3. The van der Waals surface area contributed by atoms with Crippen LogP contribution in [0.25, 0.3) is 0 Å². The Balaban J connectivity index is 2.11. The summed E-state index contributed by atoms with van der Waals surface area (Å²) in [5.41, 5.74) is 1.78. The molecule has 21 heavy (non-hydrogen) atoms. The number of alkyl halides is 1. The van der Waals surface area contributed by atoms with E-state index in [4.69, 9.17) is 25.8 Å². The van der Waals surface area contributed by atoms with Gasteiger partial charge in [-0.3, -0.25) is 0 Å². The van der Waals surface area contributed by atoms with Gasteiger partial charge in [0.25, 0.3) is 0 Å². The van der Waals surface area contributed by atoms with Crippen LogP contribution in [0.5, 0.6) is 17.4 Å². The number of halogens is 1. The normalized spacial score (nSPS) is 10.2.